The molecule has 142 valence electrons. The van der Waals surface area contributed by atoms with E-state index in [-0.39, 0.29) is 11.4 Å². The van der Waals surface area contributed by atoms with Crippen LogP contribution in [0.25, 0.3) is 11.3 Å². The number of hydrogen-bond acceptors (Lipinski definition) is 5. The number of rotatable bonds is 4. The van der Waals surface area contributed by atoms with Crippen molar-refractivity contribution in [1.82, 2.24) is 4.98 Å². The van der Waals surface area contributed by atoms with E-state index in [1.807, 2.05) is 6.07 Å². The highest BCUT2D eigenvalue weighted by Crippen LogP contribution is 2.32. The number of nitrogens with one attached hydrogen (secondary N) is 1. The van der Waals surface area contributed by atoms with Crippen LogP contribution in [0.5, 0.6) is 0 Å². The number of nitrogens with zero attached hydrogens (tertiary/aromatic N) is 3. The Kier molecular flexibility index (Phi) is 5.89. The summed E-state index contributed by atoms with van der Waals surface area (Å²) in [4.78, 5) is 4.33. The van der Waals surface area contributed by atoms with Gasteiger partial charge in [0.05, 0.1) is 22.0 Å². The molecule has 3 aromatic rings. The predicted molar refractivity (Wildman–Crippen MR) is 105 cm³/mol. The number of hydrogen-bond donors (Lipinski definition) is 1. The van der Waals surface area contributed by atoms with Crippen LogP contribution in [0.15, 0.2) is 52.9 Å². The zero-order valence-electron chi connectivity index (χ0n) is 13.8. The van der Waals surface area contributed by atoms with Crippen LogP contribution in [-0.2, 0) is 6.18 Å². The van der Waals surface area contributed by atoms with Gasteiger partial charge in [0.1, 0.15) is 6.07 Å². The summed E-state index contributed by atoms with van der Waals surface area (Å²) in [6.45, 7) is 0. The van der Waals surface area contributed by atoms with E-state index in [4.69, 9.17) is 23.2 Å². The van der Waals surface area contributed by atoms with Gasteiger partial charge in [-0.15, -0.1) is 11.3 Å². The Labute approximate surface area is 171 Å². The molecule has 1 N–H and O–H groups in total. The van der Waals surface area contributed by atoms with E-state index >= 15 is 0 Å². The summed E-state index contributed by atoms with van der Waals surface area (Å²) in [6, 6.07) is 11.3. The third-order valence-electron chi connectivity index (χ3n) is 3.51. The molecule has 0 aliphatic heterocycles. The molecule has 0 aliphatic rings. The number of alkyl halides is 3. The summed E-state index contributed by atoms with van der Waals surface area (Å²) in [5.74, 6) is 0. The summed E-state index contributed by atoms with van der Waals surface area (Å²) in [6.07, 6.45) is -4.47. The average molecular weight is 441 g/mol. The molecule has 0 aliphatic carbocycles. The normalized spacial score (nSPS) is 11.9. The molecule has 0 saturated heterocycles. The molecular weight excluding hydrogens is 432 g/mol. The first kappa shape index (κ1) is 20.1. The molecule has 1 heterocycles. The van der Waals surface area contributed by atoms with Gasteiger partial charge in [0.2, 0.25) is 0 Å². The zero-order chi connectivity index (χ0) is 20.3. The summed E-state index contributed by atoms with van der Waals surface area (Å²) < 4.78 is 38.3. The van der Waals surface area contributed by atoms with Crippen molar-refractivity contribution in [3.8, 4) is 17.3 Å². The van der Waals surface area contributed by atoms with E-state index in [0.717, 1.165) is 23.5 Å². The Morgan fingerprint density at radius 2 is 1.96 bits per heavy atom. The molecule has 0 amide bonds. The van der Waals surface area contributed by atoms with Crippen molar-refractivity contribution in [1.29, 1.82) is 5.26 Å². The van der Waals surface area contributed by atoms with Gasteiger partial charge in [-0.2, -0.15) is 23.5 Å². The zero-order valence-corrected chi connectivity index (χ0v) is 16.1. The van der Waals surface area contributed by atoms with E-state index in [1.165, 1.54) is 12.1 Å². The van der Waals surface area contributed by atoms with Crippen molar-refractivity contribution >= 4 is 45.9 Å². The molecule has 0 bridgehead atoms. The summed E-state index contributed by atoms with van der Waals surface area (Å²) in [7, 11) is 0. The maximum atomic E-state index is 12.8. The Morgan fingerprint density at radius 1 is 1.18 bits per heavy atom. The topological polar surface area (TPSA) is 61.1 Å². The lowest BCUT2D eigenvalue weighted by molar-refractivity contribution is -0.137. The van der Waals surface area contributed by atoms with Crippen molar-refractivity contribution in [3.05, 3.63) is 68.5 Å². The summed E-state index contributed by atoms with van der Waals surface area (Å²) >= 11 is 13.2. The van der Waals surface area contributed by atoms with Crippen LogP contribution in [0.4, 0.5) is 18.9 Å². The van der Waals surface area contributed by atoms with Crippen molar-refractivity contribution in [2.24, 2.45) is 5.10 Å². The molecule has 0 radical (unpaired) electrons. The Hall–Kier alpha value is -2.60. The second kappa shape index (κ2) is 8.19. The predicted octanol–water partition coefficient (Wildman–Crippen LogP) is 6.48. The van der Waals surface area contributed by atoms with Crippen LogP contribution in [0, 0.1) is 11.3 Å². The lowest BCUT2D eigenvalue weighted by atomic mass is 10.2. The number of nitriles is 1. The first-order valence-corrected chi connectivity index (χ1v) is 9.24. The van der Waals surface area contributed by atoms with Crippen molar-refractivity contribution < 1.29 is 13.2 Å². The summed E-state index contributed by atoms with van der Waals surface area (Å²) in [5.41, 5.74) is 2.84. The van der Waals surface area contributed by atoms with Gasteiger partial charge in [-0.05, 0) is 36.4 Å². The summed E-state index contributed by atoms with van der Waals surface area (Å²) in [5, 5.41) is 16.1. The average Bonchev–Trinajstić information content (AvgIpc) is 3.11. The number of anilines is 1. The fourth-order valence-electron chi connectivity index (χ4n) is 2.21. The van der Waals surface area contributed by atoms with E-state index < -0.39 is 11.7 Å². The van der Waals surface area contributed by atoms with Crippen LogP contribution in [0.2, 0.25) is 10.0 Å². The van der Waals surface area contributed by atoms with Gasteiger partial charge in [0, 0.05) is 16.0 Å². The lowest BCUT2D eigenvalue weighted by Gasteiger charge is -2.08. The number of benzene rings is 2. The highest BCUT2D eigenvalue weighted by Gasteiger charge is 2.30. The monoisotopic (exact) mass is 440 g/mol. The van der Waals surface area contributed by atoms with Gasteiger partial charge in [0.15, 0.2) is 10.7 Å². The fraction of sp³-hybridized carbons (Fsp3) is 0.0556. The van der Waals surface area contributed by atoms with Gasteiger partial charge >= 0.3 is 6.18 Å². The maximum absolute atomic E-state index is 12.8. The largest absolute Gasteiger partial charge is 0.416 e. The first-order chi connectivity index (χ1) is 13.3. The molecule has 28 heavy (non-hydrogen) atoms. The number of hydrazone groups is 1. The lowest BCUT2D eigenvalue weighted by Crippen LogP contribution is -2.06. The Bertz CT molecular complexity index is 1090. The van der Waals surface area contributed by atoms with Gasteiger partial charge in [-0.3, -0.25) is 5.43 Å². The molecule has 0 saturated carbocycles. The highest BCUT2D eigenvalue weighted by atomic mass is 35.5. The van der Waals surface area contributed by atoms with Crippen LogP contribution >= 0.6 is 34.5 Å². The van der Waals surface area contributed by atoms with Crippen LogP contribution in [-0.4, -0.2) is 10.7 Å². The molecule has 10 heteroatoms. The standard InChI is InChI=1S/C18H9Cl2F3N4S/c19-11-4-5-13(14(20)7-11)16-9-28-17(25-16)15(8-24)27-26-12-3-1-2-10(6-12)18(21,22)23/h1-7,9,26H. The maximum Gasteiger partial charge on any atom is 0.416 e. The van der Waals surface area contributed by atoms with Crippen LogP contribution < -0.4 is 5.43 Å². The van der Waals surface area contributed by atoms with Gasteiger partial charge in [-0.1, -0.05) is 29.3 Å². The number of thiazole rings is 1. The van der Waals surface area contributed by atoms with Crippen molar-refractivity contribution in [3.63, 3.8) is 0 Å². The van der Waals surface area contributed by atoms with E-state index in [0.29, 0.717) is 26.3 Å². The van der Waals surface area contributed by atoms with Crippen molar-refractivity contribution in [2.45, 2.75) is 6.18 Å². The van der Waals surface area contributed by atoms with E-state index in [2.05, 4.69) is 15.5 Å². The molecule has 1 aromatic heterocycles. The number of aromatic nitrogens is 1. The molecular formula is C18H9Cl2F3N4S. The van der Waals surface area contributed by atoms with Crippen LogP contribution in [0.1, 0.15) is 10.6 Å². The highest BCUT2D eigenvalue weighted by molar-refractivity contribution is 7.12. The quantitative estimate of drug-likeness (QED) is 0.373. The number of halogens is 5. The van der Waals surface area contributed by atoms with Gasteiger partial charge in [-0.25, -0.2) is 4.98 Å². The molecule has 4 nitrogen and oxygen atoms in total. The van der Waals surface area contributed by atoms with E-state index in [9.17, 15) is 18.4 Å². The minimum absolute atomic E-state index is 0.0706. The third-order valence-corrected chi connectivity index (χ3v) is 4.90. The minimum Gasteiger partial charge on any atom is -0.277 e. The SMILES string of the molecule is N#CC(=NNc1cccc(C(F)(F)F)c1)c1nc(-c2ccc(Cl)cc2Cl)cs1. The first-order valence-electron chi connectivity index (χ1n) is 7.60. The Balaban J connectivity index is 1.85. The molecule has 0 unspecified atom stereocenters. The third kappa shape index (κ3) is 4.62. The molecule has 0 spiro atoms. The second-order valence-corrected chi connectivity index (χ2v) is 7.13. The van der Waals surface area contributed by atoms with Crippen LogP contribution in [0.3, 0.4) is 0 Å². The molecule has 0 fully saturated rings. The van der Waals surface area contributed by atoms with Crippen molar-refractivity contribution in [2.75, 3.05) is 5.43 Å². The molecule has 3 rings (SSSR count). The van der Waals surface area contributed by atoms with E-state index in [1.54, 1.807) is 23.6 Å². The Morgan fingerprint density at radius 3 is 2.64 bits per heavy atom. The van der Waals surface area contributed by atoms with Gasteiger partial charge < -0.3 is 0 Å². The van der Waals surface area contributed by atoms with Gasteiger partial charge in [0.25, 0.3) is 0 Å². The fourth-order valence-corrected chi connectivity index (χ4v) is 3.47. The second-order valence-electron chi connectivity index (χ2n) is 5.42. The smallest absolute Gasteiger partial charge is 0.277 e. The molecule has 0 atom stereocenters. The molecule has 2 aromatic carbocycles. The minimum atomic E-state index is -4.47.